The maximum absolute atomic E-state index is 12.6. The van der Waals surface area contributed by atoms with Crippen LogP contribution in [0.4, 0.5) is 5.69 Å². The quantitative estimate of drug-likeness (QED) is 0.455. The van der Waals surface area contributed by atoms with Gasteiger partial charge in [-0.15, -0.1) is 0 Å². The summed E-state index contributed by atoms with van der Waals surface area (Å²) in [6.07, 6.45) is 3.05. The predicted octanol–water partition coefficient (Wildman–Crippen LogP) is 3.07. The summed E-state index contributed by atoms with van der Waals surface area (Å²) in [6, 6.07) is 13.3. The Balaban J connectivity index is 1.89. The van der Waals surface area contributed by atoms with Crippen LogP contribution in [0.15, 0.2) is 42.5 Å². The number of piperazine rings is 1. The smallest absolute Gasteiger partial charge is 0.285 e. The topological polar surface area (TPSA) is 83.8 Å². The highest BCUT2D eigenvalue weighted by Crippen LogP contribution is 2.35. The van der Waals surface area contributed by atoms with E-state index in [2.05, 4.69) is 6.07 Å². The number of benzene rings is 2. The van der Waals surface area contributed by atoms with Gasteiger partial charge in [0.2, 0.25) is 11.8 Å². The molecule has 149 valence electrons. The number of nitro groups is 1. The molecule has 0 spiro atoms. The molecule has 1 radical (unpaired) electrons. The molecule has 1 fully saturated rings. The van der Waals surface area contributed by atoms with E-state index in [1.54, 1.807) is 21.9 Å². The molecule has 3 rings (SSSR count). The minimum Gasteiger partial charge on any atom is -0.339 e. The van der Waals surface area contributed by atoms with Crippen LogP contribution in [0.3, 0.4) is 0 Å². The van der Waals surface area contributed by atoms with Crippen LogP contribution in [0.2, 0.25) is 0 Å². The lowest BCUT2D eigenvalue weighted by molar-refractivity contribution is -0.384. The Morgan fingerprint density at radius 3 is 2.38 bits per heavy atom. The van der Waals surface area contributed by atoms with Crippen molar-refractivity contribution in [2.75, 3.05) is 26.2 Å². The van der Waals surface area contributed by atoms with Gasteiger partial charge in [0, 0.05) is 39.2 Å². The van der Waals surface area contributed by atoms with Crippen LogP contribution in [-0.4, -0.2) is 52.7 Å². The summed E-state index contributed by atoms with van der Waals surface area (Å²) >= 11 is 0. The molecule has 0 aromatic heterocycles. The lowest BCUT2D eigenvalue weighted by atomic mass is 9.94. The zero-order valence-electron chi connectivity index (χ0n) is 16.4. The fourth-order valence-corrected chi connectivity index (χ4v) is 3.43. The molecule has 0 aliphatic carbocycles. The fraction of sp³-hybridized carbons (Fsp3) is 0.273. The highest BCUT2D eigenvalue weighted by atomic mass is 16.6. The Morgan fingerprint density at radius 2 is 1.76 bits per heavy atom. The molecule has 29 heavy (non-hydrogen) atoms. The summed E-state index contributed by atoms with van der Waals surface area (Å²) in [7, 11) is 0. The van der Waals surface area contributed by atoms with Crippen LogP contribution >= 0.6 is 0 Å². The van der Waals surface area contributed by atoms with Crippen molar-refractivity contribution in [2.24, 2.45) is 0 Å². The van der Waals surface area contributed by atoms with E-state index in [4.69, 9.17) is 0 Å². The van der Waals surface area contributed by atoms with E-state index < -0.39 is 4.92 Å². The van der Waals surface area contributed by atoms with Crippen LogP contribution in [0.5, 0.6) is 0 Å². The number of nitrogens with zero attached hydrogens (tertiary/aromatic N) is 3. The van der Waals surface area contributed by atoms with Gasteiger partial charge in [-0.1, -0.05) is 30.3 Å². The van der Waals surface area contributed by atoms with E-state index in [-0.39, 0.29) is 17.5 Å². The average molecular weight is 392 g/mol. The van der Waals surface area contributed by atoms with Crippen LogP contribution in [0.25, 0.3) is 17.2 Å². The van der Waals surface area contributed by atoms with Crippen molar-refractivity contribution >= 4 is 23.6 Å². The third-order valence-electron chi connectivity index (χ3n) is 5.05. The Labute approximate surface area is 169 Å². The summed E-state index contributed by atoms with van der Waals surface area (Å²) in [5.41, 5.74) is 2.54. The van der Waals surface area contributed by atoms with E-state index in [9.17, 15) is 19.7 Å². The second-order valence-electron chi connectivity index (χ2n) is 6.89. The molecule has 0 N–H and O–H groups in total. The second-order valence-corrected chi connectivity index (χ2v) is 6.89. The van der Waals surface area contributed by atoms with Gasteiger partial charge in [-0.2, -0.15) is 0 Å². The highest BCUT2D eigenvalue weighted by molar-refractivity contribution is 5.94. The number of carbonyl (C=O) groups is 2. The lowest BCUT2D eigenvalue weighted by Crippen LogP contribution is -2.49. The van der Waals surface area contributed by atoms with E-state index in [1.165, 1.54) is 19.1 Å². The molecule has 1 heterocycles. The van der Waals surface area contributed by atoms with E-state index in [0.29, 0.717) is 37.3 Å². The first kappa shape index (κ1) is 20.3. The van der Waals surface area contributed by atoms with Gasteiger partial charge in [0.05, 0.1) is 16.6 Å². The Hall–Kier alpha value is -3.48. The van der Waals surface area contributed by atoms with E-state index in [0.717, 1.165) is 11.1 Å². The third kappa shape index (κ3) is 4.51. The minimum absolute atomic E-state index is 0.00311. The summed E-state index contributed by atoms with van der Waals surface area (Å²) in [5, 5.41) is 11.6. The van der Waals surface area contributed by atoms with Crippen molar-refractivity contribution in [3.8, 4) is 11.1 Å². The number of nitro benzene ring substituents is 1. The Bertz CT molecular complexity index is 976. The van der Waals surface area contributed by atoms with Crippen LogP contribution < -0.4 is 0 Å². The number of hydrogen-bond donors (Lipinski definition) is 0. The SMILES string of the molecule is CC(=O)N1CCN(C(=O)/C=C/c2cc[c]c([N+](=O)[O-])c2-c2ccccc2C)CC1. The number of rotatable bonds is 4. The molecule has 1 aliphatic rings. The first-order chi connectivity index (χ1) is 13.9. The standard InChI is InChI=1S/C22H22N3O4/c1-16-6-3-4-8-19(16)22-18(7-5-9-20(22)25(28)29)10-11-21(27)24-14-12-23(13-15-24)17(2)26/h3-8,10-11H,12-15H2,1-2H3/b11-10+. The van der Waals surface area contributed by atoms with Crippen LogP contribution in [0.1, 0.15) is 18.1 Å². The van der Waals surface area contributed by atoms with Gasteiger partial charge in [-0.05, 0) is 35.8 Å². The van der Waals surface area contributed by atoms with Gasteiger partial charge in [-0.3, -0.25) is 19.7 Å². The monoisotopic (exact) mass is 392 g/mol. The highest BCUT2D eigenvalue weighted by Gasteiger charge is 2.22. The first-order valence-corrected chi connectivity index (χ1v) is 9.36. The summed E-state index contributed by atoms with van der Waals surface area (Å²) in [5.74, 6) is -0.178. The lowest BCUT2D eigenvalue weighted by Gasteiger charge is -2.33. The van der Waals surface area contributed by atoms with Crippen LogP contribution in [-0.2, 0) is 9.59 Å². The number of amides is 2. The number of aryl methyl sites for hydroxylation is 1. The third-order valence-corrected chi connectivity index (χ3v) is 5.05. The average Bonchev–Trinajstić information content (AvgIpc) is 2.72. The maximum Gasteiger partial charge on any atom is 0.285 e. The normalized spacial score (nSPS) is 14.3. The van der Waals surface area contributed by atoms with Gasteiger partial charge in [0.1, 0.15) is 0 Å². The molecular weight excluding hydrogens is 370 g/mol. The molecule has 2 aromatic rings. The van der Waals surface area contributed by atoms with Crippen LogP contribution in [0, 0.1) is 23.1 Å². The van der Waals surface area contributed by atoms with Gasteiger partial charge in [-0.25, -0.2) is 0 Å². The first-order valence-electron chi connectivity index (χ1n) is 9.36. The molecule has 1 aliphatic heterocycles. The molecule has 0 saturated carbocycles. The van der Waals surface area contributed by atoms with Crippen molar-refractivity contribution in [3.05, 3.63) is 69.8 Å². The van der Waals surface area contributed by atoms with Gasteiger partial charge in [0.25, 0.3) is 5.69 Å². The van der Waals surface area contributed by atoms with Crippen molar-refractivity contribution < 1.29 is 14.5 Å². The summed E-state index contributed by atoms with van der Waals surface area (Å²) < 4.78 is 0. The predicted molar refractivity (Wildman–Crippen MR) is 110 cm³/mol. The molecule has 0 unspecified atom stereocenters. The second kappa shape index (κ2) is 8.68. The summed E-state index contributed by atoms with van der Waals surface area (Å²) in [6.45, 7) is 5.36. The largest absolute Gasteiger partial charge is 0.339 e. The number of hydrogen-bond acceptors (Lipinski definition) is 4. The van der Waals surface area contributed by atoms with Gasteiger partial charge >= 0.3 is 0 Å². The van der Waals surface area contributed by atoms with Crippen molar-refractivity contribution in [3.63, 3.8) is 0 Å². The zero-order chi connectivity index (χ0) is 21.0. The molecule has 7 heteroatoms. The molecular formula is C22H22N3O4. The van der Waals surface area contributed by atoms with Gasteiger partial charge in [0.15, 0.2) is 0 Å². The number of carbonyl (C=O) groups excluding carboxylic acids is 2. The Morgan fingerprint density at radius 1 is 1.10 bits per heavy atom. The van der Waals surface area contributed by atoms with Crippen molar-refractivity contribution in [1.82, 2.24) is 9.80 Å². The van der Waals surface area contributed by atoms with E-state index >= 15 is 0 Å². The van der Waals surface area contributed by atoms with Crippen molar-refractivity contribution in [2.45, 2.75) is 13.8 Å². The molecule has 2 amide bonds. The van der Waals surface area contributed by atoms with Crippen molar-refractivity contribution in [1.29, 1.82) is 0 Å². The maximum atomic E-state index is 12.6. The molecule has 0 atom stereocenters. The molecule has 1 saturated heterocycles. The Kier molecular flexibility index (Phi) is 6.07. The molecule has 0 bridgehead atoms. The zero-order valence-corrected chi connectivity index (χ0v) is 16.4. The molecule has 7 nitrogen and oxygen atoms in total. The van der Waals surface area contributed by atoms with Gasteiger partial charge < -0.3 is 9.80 Å². The van der Waals surface area contributed by atoms with E-state index in [1.807, 2.05) is 31.2 Å². The molecule has 2 aromatic carbocycles. The minimum atomic E-state index is -0.456. The summed E-state index contributed by atoms with van der Waals surface area (Å²) in [4.78, 5) is 38.5. The fourth-order valence-electron chi connectivity index (χ4n) is 3.43.